The highest BCUT2D eigenvalue weighted by molar-refractivity contribution is 5.91. The minimum Gasteiger partial charge on any atom is -0.396 e. The van der Waals surface area contributed by atoms with Gasteiger partial charge < -0.3 is 16.0 Å². The molecule has 1 saturated carbocycles. The molecule has 1 aromatic rings. The summed E-state index contributed by atoms with van der Waals surface area (Å²) in [5.41, 5.74) is 6.08. The van der Waals surface area contributed by atoms with Gasteiger partial charge in [0.2, 0.25) is 5.91 Å². The second-order valence-corrected chi connectivity index (χ2v) is 5.66. The number of benzene rings is 1. The predicted molar refractivity (Wildman–Crippen MR) is 83.6 cm³/mol. The Bertz CT molecular complexity index is 488. The molecule has 1 amide bonds. The van der Waals surface area contributed by atoms with Crippen LogP contribution in [-0.2, 0) is 4.79 Å². The van der Waals surface area contributed by atoms with Crippen LogP contribution in [0.3, 0.4) is 0 Å². The summed E-state index contributed by atoms with van der Waals surface area (Å²) in [6.45, 7) is 4.26. The van der Waals surface area contributed by atoms with E-state index >= 15 is 0 Å². The van der Waals surface area contributed by atoms with Crippen LogP contribution in [0.1, 0.15) is 39.0 Å². The van der Waals surface area contributed by atoms with Crippen molar-refractivity contribution < 1.29 is 9.18 Å². The zero-order valence-electron chi connectivity index (χ0n) is 12.6. The van der Waals surface area contributed by atoms with Gasteiger partial charge in [0.1, 0.15) is 5.82 Å². The first-order valence-electron chi connectivity index (χ1n) is 7.69. The molecule has 1 aliphatic rings. The SMILES string of the molecule is CCCN(CCCC(=O)Nc1ccc(F)c(N)c1)C1CC1. The van der Waals surface area contributed by atoms with Crippen molar-refractivity contribution in [2.24, 2.45) is 0 Å². The molecule has 0 aliphatic heterocycles. The zero-order chi connectivity index (χ0) is 15.2. The highest BCUT2D eigenvalue weighted by Gasteiger charge is 2.27. The van der Waals surface area contributed by atoms with Gasteiger partial charge in [-0.15, -0.1) is 0 Å². The monoisotopic (exact) mass is 293 g/mol. The molecule has 21 heavy (non-hydrogen) atoms. The molecule has 0 bridgehead atoms. The average Bonchev–Trinajstić information content (AvgIpc) is 3.26. The lowest BCUT2D eigenvalue weighted by Gasteiger charge is -2.20. The van der Waals surface area contributed by atoms with Crippen LogP contribution in [0.2, 0.25) is 0 Å². The van der Waals surface area contributed by atoms with E-state index in [2.05, 4.69) is 17.1 Å². The first kappa shape index (κ1) is 15.8. The highest BCUT2D eigenvalue weighted by atomic mass is 19.1. The van der Waals surface area contributed by atoms with Crippen molar-refractivity contribution in [2.45, 2.75) is 45.1 Å². The fraction of sp³-hybridized carbons (Fsp3) is 0.562. The Labute approximate surface area is 125 Å². The van der Waals surface area contributed by atoms with Crippen LogP contribution >= 0.6 is 0 Å². The second kappa shape index (κ2) is 7.41. The molecule has 1 aliphatic carbocycles. The Morgan fingerprint density at radius 3 is 2.81 bits per heavy atom. The van der Waals surface area contributed by atoms with Crippen LogP contribution in [0.4, 0.5) is 15.8 Å². The number of hydrogen-bond donors (Lipinski definition) is 2. The molecule has 116 valence electrons. The minimum absolute atomic E-state index is 0.0479. The molecule has 2 rings (SSSR count). The standard InChI is InChI=1S/C16H24FN3O/c1-2-9-20(13-6-7-13)10-3-4-16(21)19-12-5-8-14(17)15(18)11-12/h5,8,11,13H,2-4,6-7,9-10,18H2,1H3,(H,19,21). The Balaban J connectivity index is 1.72. The fourth-order valence-electron chi connectivity index (χ4n) is 2.49. The number of carbonyl (C=O) groups excluding carboxylic acids is 1. The first-order valence-corrected chi connectivity index (χ1v) is 7.69. The van der Waals surface area contributed by atoms with Crippen LogP contribution in [0.25, 0.3) is 0 Å². The van der Waals surface area contributed by atoms with E-state index in [-0.39, 0.29) is 11.6 Å². The number of amides is 1. The maximum Gasteiger partial charge on any atom is 0.224 e. The van der Waals surface area contributed by atoms with Crippen molar-refractivity contribution in [3.63, 3.8) is 0 Å². The minimum atomic E-state index is -0.465. The predicted octanol–water partition coefficient (Wildman–Crippen LogP) is 3.00. The Hall–Kier alpha value is -1.62. The summed E-state index contributed by atoms with van der Waals surface area (Å²) < 4.78 is 13.0. The van der Waals surface area contributed by atoms with Gasteiger partial charge in [0.25, 0.3) is 0 Å². The van der Waals surface area contributed by atoms with Gasteiger partial charge >= 0.3 is 0 Å². The number of rotatable bonds is 8. The molecule has 5 heteroatoms. The van der Waals surface area contributed by atoms with E-state index in [1.165, 1.54) is 31.0 Å². The van der Waals surface area contributed by atoms with E-state index in [0.29, 0.717) is 12.1 Å². The summed E-state index contributed by atoms with van der Waals surface area (Å²) >= 11 is 0. The molecule has 0 aromatic heterocycles. The van der Waals surface area contributed by atoms with Crippen molar-refractivity contribution in [1.82, 2.24) is 4.90 Å². The number of carbonyl (C=O) groups is 1. The van der Waals surface area contributed by atoms with Gasteiger partial charge in [0.05, 0.1) is 5.69 Å². The van der Waals surface area contributed by atoms with Gasteiger partial charge in [-0.2, -0.15) is 0 Å². The molecule has 4 nitrogen and oxygen atoms in total. The molecule has 0 radical (unpaired) electrons. The lowest BCUT2D eigenvalue weighted by molar-refractivity contribution is -0.116. The molecule has 1 fully saturated rings. The second-order valence-electron chi connectivity index (χ2n) is 5.66. The summed E-state index contributed by atoms with van der Waals surface area (Å²) in [5, 5.41) is 2.76. The summed E-state index contributed by atoms with van der Waals surface area (Å²) in [6.07, 6.45) is 5.06. The van der Waals surface area contributed by atoms with E-state index in [4.69, 9.17) is 5.73 Å². The lowest BCUT2D eigenvalue weighted by Crippen LogP contribution is -2.28. The van der Waals surface area contributed by atoms with Gasteiger partial charge in [-0.1, -0.05) is 6.92 Å². The number of hydrogen-bond acceptors (Lipinski definition) is 3. The Morgan fingerprint density at radius 1 is 1.43 bits per heavy atom. The summed E-state index contributed by atoms with van der Waals surface area (Å²) in [7, 11) is 0. The van der Waals surface area contributed by atoms with Crippen molar-refractivity contribution >= 4 is 17.3 Å². The molecule has 1 aromatic carbocycles. The molecule has 0 spiro atoms. The Morgan fingerprint density at radius 2 is 2.19 bits per heavy atom. The molecule has 0 unspecified atom stereocenters. The molecule has 0 heterocycles. The van der Waals surface area contributed by atoms with E-state index in [0.717, 1.165) is 32.0 Å². The molecule has 0 saturated heterocycles. The maximum absolute atomic E-state index is 13.0. The topological polar surface area (TPSA) is 58.4 Å². The number of nitrogens with two attached hydrogens (primary N) is 1. The van der Waals surface area contributed by atoms with Crippen LogP contribution in [-0.4, -0.2) is 29.9 Å². The summed E-state index contributed by atoms with van der Waals surface area (Å²) in [6, 6.07) is 4.98. The van der Waals surface area contributed by atoms with Crippen molar-refractivity contribution in [1.29, 1.82) is 0 Å². The maximum atomic E-state index is 13.0. The average molecular weight is 293 g/mol. The molecular weight excluding hydrogens is 269 g/mol. The zero-order valence-corrected chi connectivity index (χ0v) is 12.6. The van der Waals surface area contributed by atoms with Gasteiger partial charge in [-0.25, -0.2) is 4.39 Å². The largest absolute Gasteiger partial charge is 0.396 e. The summed E-state index contributed by atoms with van der Waals surface area (Å²) in [5.74, 6) is -0.513. The van der Waals surface area contributed by atoms with Crippen molar-refractivity contribution in [3.05, 3.63) is 24.0 Å². The van der Waals surface area contributed by atoms with Crippen LogP contribution < -0.4 is 11.1 Å². The molecular formula is C16H24FN3O. The van der Waals surface area contributed by atoms with Crippen LogP contribution in [0.15, 0.2) is 18.2 Å². The molecule has 0 atom stereocenters. The Kier molecular flexibility index (Phi) is 5.56. The smallest absolute Gasteiger partial charge is 0.224 e. The van der Waals surface area contributed by atoms with Gasteiger partial charge in [0.15, 0.2) is 0 Å². The lowest BCUT2D eigenvalue weighted by atomic mass is 10.2. The third-order valence-electron chi connectivity index (χ3n) is 3.70. The number of anilines is 2. The molecule has 3 N–H and O–H groups in total. The number of nitrogens with zero attached hydrogens (tertiary/aromatic N) is 1. The van der Waals surface area contributed by atoms with Crippen LogP contribution in [0, 0.1) is 5.82 Å². The summed E-state index contributed by atoms with van der Waals surface area (Å²) in [4.78, 5) is 14.3. The fourth-order valence-corrected chi connectivity index (χ4v) is 2.49. The third kappa shape index (κ3) is 5.01. The number of nitrogen functional groups attached to an aromatic ring is 1. The van der Waals surface area contributed by atoms with E-state index in [9.17, 15) is 9.18 Å². The quantitative estimate of drug-likeness (QED) is 0.724. The van der Waals surface area contributed by atoms with Crippen molar-refractivity contribution in [3.8, 4) is 0 Å². The normalized spacial score (nSPS) is 14.4. The van der Waals surface area contributed by atoms with Gasteiger partial charge in [-0.3, -0.25) is 4.79 Å². The van der Waals surface area contributed by atoms with Crippen molar-refractivity contribution in [2.75, 3.05) is 24.1 Å². The van der Waals surface area contributed by atoms with Gasteiger partial charge in [-0.05, 0) is 57.0 Å². The first-order chi connectivity index (χ1) is 10.1. The van der Waals surface area contributed by atoms with E-state index < -0.39 is 5.82 Å². The van der Waals surface area contributed by atoms with E-state index in [1.807, 2.05) is 0 Å². The highest BCUT2D eigenvalue weighted by Crippen LogP contribution is 2.27. The number of halogens is 1. The van der Waals surface area contributed by atoms with E-state index in [1.54, 1.807) is 0 Å². The third-order valence-corrected chi connectivity index (χ3v) is 3.70. The number of nitrogens with one attached hydrogen (secondary N) is 1. The van der Waals surface area contributed by atoms with Crippen LogP contribution in [0.5, 0.6) is 0 Å². The van der Waals surface area contributed by atoms with Gasteiger partial charge in [0, 0.05) is 18.2 Å².